The van der Waals surface area contributed by atoms with E-state index in [1.54, 1.807) is 0 Å². The zero-order valence-corrected chi connectivity index (χ0v) is 12.1. The second-order valence-corrected chi connectivity index (χ2v) is 4.35. The highest BCUT2D eigenvalue weighted by atomic mass is 16.5. The quantitative estimate of drug-likeness (QED) is 0.420. The minimum atomic E-state index is -0.424. The molecule has 1 rings (SSSR count). The lowest BCUT2D eigenvalue weighted by Gasteiger charge is -2.13. The van der Waals surface area contributed by atoms with Gasteiger partial charge >= 0.3 is 0 Å². The number of methoxy groups -OCH3 is 2. The van der Waals surface area contributed by atoms with E-state index in [-0.39, 0.29) is 12.5 Å². The van der Waals surface area contributed by atoms with Crippen LogP contribution in [0.4, 0.5) is 0 Å². The number of ether oxygens (including phenoxy) is 2. The van der Waals surface area contributed by atoms with E-state index in [4.69, 9.17) is 9.47 Å². The number of likely N-dealkylation sites (N-methyl/N-ethyl adjacent to an activating group) is 1. The highest BCUT2D eigenvalue weighted by molar-refractivity contribution is 6.07. The van der Waals surface area contributed by atoms with Gasteiger partial charge in [0.15, 0.2) is 0 Å². The normalized spacial score (nSPS) is 15.2. The van der Waals surface area contributed by atoms with Crippen LogP contribution in [0.2, 0.25) is 0 Å². The van der Waals surface area contributed by atoms with E-state index in [2.05, 4.69) is 11.9 Å². The summed E-state index contributed by atoms with van der Waals surface area (Å²) >= 11 is 0. The smallest absolute Gasteiger partial charge is 0.257 e. The first-order chi connectivity index (χ1) is 9.51. The molecule has 2 amide bonds. The van der Waals surface area contributed by atoms with Crippen molar-refractivity contribution in [1.29, 1.82) is 0 Å². The Kier molecular flexibility index (Phi) is 5.99. The largest absolute Gasteiger partial charge is 0.501 e. The summed E-state index contributed by atoms with van der Waals surface area (Å²) in [6, 6.07) is 0. The van der Waals surface area contributed by atoms with E-state index in [1.807, 2.05) is 7.05 Å². The Morgan fingerprint density at radius 3 is 2.75 bits per heavy atom. The molecule has 0 aromatic heterocycles. The Balaban J connectivity index is 2.69. The standard InChI is InChI=1S/C14H20N2O4/c1-10(8-15-2)5-11(19-3)6-13(17)16-9-12(20-4)7-14(16)18/h6-7,15H,1,5,8-9H2,2-4H3/b11-6+. The van der Waals surface area contributed by atoms with Gasteiger partial charge in [0.2, 0.25) is 0 Å². The van der Waals surface area contributed by atoms with E-state index in [9.17, 15) is 9.59 Å². The summed E-state index contributed by atoms with van der Waals surface area (Å²) in [6.45, 7) is 4.66. The monoisotopic (exact) mass is 280 g/mol. The molecule has 0 aromatic carbocycles. The fraction of sp³-hybridized carbons (Fsp3) is 0.429. The number of allylic oxidation sites excluding steroid dienone is 1. The molecule has 0 radical (unpaired) electrons. The van der Waals surface area contributed by atoms with Gasteiger partial charge in [0, 0.05) is 25.1 Å². The maximum Gasteiger partial charge on any atom is 0.257 e. The Morgan fingerprint density at radius 2 is 2.25 bits per heavy atom. The fourth-order valence-electron chi connectivity index (χ4n) is 1.76. The molecule has 0 saturated heterocycles. The summed E-state index contributed by atoms with van der Waals surface area (Å²) in [5, 5.41) is 2.97. The summed E-state index contributed by atoms with van der Waals surface area (Å²) in [7, 11) is 4.76. The van der Waals surface area contributed by atoms with Crippen LogP contribution < -0.4 is 5.32 Å². The van der Waals surface area contributed by atoms with Gasteiger partial charge in [0.1, 0.15) is 11.5 Å². The molecular formula is C14H20N2O4. The molecule has 1 N–H and O–H groups in total. The van der Waals surface area contributed by atoms with Crippen LogP contribution in [0, 0.1) is 0 Å². The van der Waals surface area contributed by atoms with Crippen molar-refractivity contribution in [2.45, 2.75) is 6.42 Å². The number of nitrogens with one attached hydrogen (secondary N) is 1. The van der Waals surface area contributed by atoms with Crippen molar-refractivity contribution in [1.82, 2.24) is 10.2 Å². The second kappa shape index (κ2) is 7.49. The molecule has 6 heteroatoms. The van der Waals surface area contributed by atoms with Crippen molar-refractivity contribution in [2.75, 3.05) is 34.4 Å². The van der Waals surface area contributed by atoms with E-state index in [0.29, 0.717) is 24.5 Å². The van der Waals surface area contributed by atoms with Crippen LogP contribution in [0.25, 0.3) is 0 Å². The van der Waals surface area contributed by atoms with Crippen molar-refractivity contribution >= 4 is 11.8 Å². The van der Waals surface area contributed by atoms with Crippen molar-refractivity contribution in [3.8, 4) is 0 Å². The summed E-state index contributed by atoms with van der Waals surface area (Å²) in [5.41, 5.74) is 0.886. The molecule has 20 heavy (non-hydrogen) atoms. The highest BCUT2D eigenvalue weighted by Gasteiger charge is 2.27. The highest BCUT2D eigenvalue weighted by Crippen LogP contribution is 2.14. The van der Waals surface area contributed by atoms with E-state index >= 15 is 0 Å². The summed E-state index contributed by atoms with van der Waals surface area (Å²) in [6.07, 6.45) is 3.05. The Morgan fingerprint density at radius 1 is 1.55 bits per heavy atom. The Bertz CT molecular complexity index is 466. The molecule has 0 fully saturated rings. The minimum absolute atomic E-state index is 0.152. The average Bonchev–Trinajstić information content (AvgIpc) is 2.79. The number of hydrogen-bond acceptors (Lipinski definition) is 5. The SMILES string of the molecule is C=C(CNC)C/C(=C\C(=O)N1CC(OC)=CC1=O)OC. The minimum Gasteiger partial charge on any atom is -0.501 e. The summed E-state index contributed by atoms with van der Waals surface area (Å²) < 4.78 is 10.1. The number of nitrogens with zero attached hydrogens (tertiary/aromatic N) is 1. The molecule has 0 aliphatic carbocycles. The molecule has 1 aliphatic heterocycles. The summed E-state index contributed by atoms with van der Waals surface area (Å²) in [5.74, 6) is 0.129. The van der Waals surface area contributed by atoms with E-state index < -0.39 is 5.91 Å². The molecule has 0 aromatic rings. The molecular weight excluding hydrogens is 260 g/mol. The van der Waals surface area contributed by atoms with Gasteiger partial charge in [-0.05, 0) is 7.05 Å². The first kappa shape index (κ1) is 16.0. The maximum atomic E-state index is 12.0. The zero-order chi connectivity index (χ0) is 15.1. The lowest BCUT2D eigenvalue weighted by atomic mass is 10.2. The lowest BCUT2D eigenvalue weighted by Crippen LogP contribution is -2.32. The van der Waals surface area contributed by atoms with Crippen LogP contribution in [0.15, 0.2) is 35.8 Å². The van der Waals surface area contributed by atoms with Gasteiger partial charge in [0.25, 0.3) is 11.8 Å². The van der Waals surface area contributed by atoms with Crippen LogP contribution in [0.5, 0.6) is 0 Å². The molecule has 0 bridgehead atoms. The molecule has 6 nitrogen and oxygen atoms in total. The van der Waals surface area contributed by atoms with Crippen molar-refractivity contribution < 1.29 is 19.1 Å². The third-order valence-corrected chi connectivity index (χ3v) is 2.79. The average molecular weight is 280 g/mol. The van der Waals surface area contributed by atoms with Crippen LogP contribution in [0.1, 0.15) is 6.42 Å². The van der Waals surface area contributed by atoms with Gasteiger partial charge < -0.3 is 14.8 Å². The van der Waals surface area contributed by atoms with Crippen LogP contribution >= 0.6 is 0 Å². The molecule has 0 atom stereocenters. The fourth-order valence-corrected chi connectivity index (χ4v) is 1.76. The topological polar surface area (TPSA) is 67.9 Å². The lowest BCUT2D eigenvalue weighted by molar-refractivity contribution is -0.137. The van der Waals surface area contributed by atoms with Crippen LogP contribution in [-0.4, -0.2) is 51.1 Å². The van der Waals surface area contributed by atoms with Gasteiger partial charge in [-0.25, -0.2) is 0 Å². The molecule has 0 spiro atoms. The number of carbonyl (C=O) groups is 2. The van der Waals surface area contributed by atoms with Crippen molar-refractivity contribution in [3.63, 3.8) is 0 Å². The second-order valence-electron chi connectivity index (χ2n) is 4.35. The van der Waals surface area contributed by atoms with Crippen molar-refractivity contribution in [3.05, 3.63) is 35.8 Å². The molecule has 0 unspecified atom stereocenters. The zero-order valence-electron chi connectivity index (χ0n) is 12.1. The first-order valence-corrected chi connectivity index (χ1v) is 6.17. The van der Waals surface area contributed by atoms with Crippen LogP contribution in [-0.2, 0) is 19.1 Å². The summed E-state index contributed by atoms with van der Waals surface area (Å²) in [4.78, 5) is 24.8. The van der Waals surface area contributed by atoms with E-state index in [1.165, 1.54) is 26.4 Å². The molecule has 1 heterocycles. The Labute approximate surface area is 118 Å². The maximum absolute atomic E-state index is 12.0. The number of amides is 2. The predicted molar refractivity (Wildman–Crippen MR) is 74.6 cm³/mol. The van der Waals surface area contributed by atoms with Gasteiger partial charge in [0.05, 0.1) is 20.8 Å². The number of hydrogen-bond donors (Lipinski definition) is 1. The van der Waals surface area contributed by atoms with Gasteiger partial charge in [-0.2, -0.15) is 0 Å². The molecule has 0 saturated carbocycles. The van der Waals surface area contributed by atoms with Gasteiger partial charge in [-0.15, -0.1) is 0 Å². The molecule has 110 valence electrons. The predicted octanol–water partition coefficient (Wildman–Crippen LogP) is 0.581. The number of carbonyl (C=O) groups excluding carboxylic acids is 2. The molecule has 1 aliphatic rings. The van der Waals surface area contributed by atoms with Gasteiger partial charge in [-0.3, -0.25) is 14.5 Å². The number of imide groups is 1. The van der Waals surface area contributed by atoms with E-state index in [0.717, 1.165) is 10.5 Å². The Hall–Kier alpha value is -2.08. The van der Waals surface area contributed by atoms with Gasteiger partial charge in [-0.1, -0.05) is 12.2 Å². The number of rotatable bonds is 7. The third-order valence-electron chi connectivity index (χ3n) is 2.79. The third kappa shape index (κ3) is 4.24. The van der Waals surface area contributed by atoms with Crippen molar-refractivity contribution in [2.24, 2.45) is 0 Å². The first-order valence-electron chi connectivity index (χ1n) is 6.17. The van der Waals surface area contributed by atoms with Crippen LogP contribution in [0.3, 0.4) is 0 Å².